The number of nitrogens with two attached hydrogens (primary N) is 1. The van der Waals surface area contributed by atoms with Crippen molar-refractivity contribution in [1.82, 2.24) is 0 Å². The summed E-state index contributed by atoms with van der Waals surface area (Å²) in [5.41, 5.74) is 6.61. The van der Waals surface area contributed by atoms with Crippen molar-refractivity contribution < 1.29 is 4.74 Å². The summed E-state index contributed by atoms with van der Waals surface area (Å²) in [4.78, 5) is 0. The number of rotatable bonds is 2. The Bertz CT molecular complexity index is 590. The highest BCUT2D eigenvalue weighted by Crippen LogP contribution is 2.29. The molecule has 0 saturated heterocycles. The van der Waals surface area contributed by atoms with Crippen LogP contribution in [0.25, 0.3) is 0 Å². The molecule has 0 aliphatic rings. The fraction of sp³-hybridized carbons (Fsp3) is 0. The molecule has 2 rings (SSSR count). The van der Waals surface area contributed by atoms with Gasteiger partial charge >= 0.3 is 0 Å². The Labute approximate surface area is 113 Å². The van der Waals surface area contributed by atoms with E-state index in [0.717, 1.165) is 9.32 Å². The topological polar surface area (TPSA) is 59.0 Å². The second-order valence-corrected chi connectivity index (χ2v) is 4.56. The molecule has 0 unspecified atom stereocenters. The van der Waals surface area contributed by atoms with Crippen LogP contribution >= 0.6 is 22.6 Å². The average molecular weight is 336 g/mol. The van der Waals surface area contributed by atoms with Crippen molar-refractivity contribution in [3.05, 3.63) is 51.6 Å². The largest absolute Gasteiger partial charge is 0.455 e. The van der Waals surface area contributed by atoms with Gasteiger partial charge < -0.3 is 10.5 Å². The summed E-state index contributed by atoms with van der Waals surface area (Å²) in [7, 11) is 0. The van der Waals surface area contributed by atoms with Crippen LogP contribution in [-0.2, 0) is 0 Å². The van der Waals surface area contributed by atoms with Gasteiger partial charge in [0.15, 0.2) is 0 Å². The third-order valence-corrected chi connectivity index (χ3v) is 3.07. The molecule has 0 amide bonds. The van der Waals surface area contributed by atoms with Crippen LogP contribution < -0.4 is 10.5 Å². The van der Waals surface area contributed by atoms with Crippen molar-refractivity contribution in [2.45, 2.75) is 0 Å². The minimum Gasteiger partial charge on any atom is -0.455 e. The van der Waals surface area contributed by atoms with E-state index in [0.29, 0.717) is 17.0 Å². The Balaban J connectivity index is 2.37. The Kier molecular flexibility index (Phi) is 3.49. The van der Waals surface area contributed by atoms with Crippen molar-refractivity contribution >= 4 is 28.3 Å². The van der Waals surface area contributed by atoms with E-state index in [1.54, 1.807) is 18.2 Å². The number of ether oxygens (including phenoxy) is 1. The maximum absolute atomic E-state index is 9.00. The smallest absolute Gasteiger partial charge is 0.145 e. The number of halogens is 1. The van der Waals surface area contributed by atoms with E-state index in [9.17, 15) is 0 Å². The van der Waals surface area contributed by atoms with E-state index < -0.39 is 0 Å². The van der Waals surface area contributed by atoms with E-state index in [2.05, 4.69) is 28.7 Å². The lowest BCUT2D eigenvalue weighted by Crippen LogP contribution is -1.92. The summed E-state index contributed by atoms with van der Waals surface area (Å²) in [5, 5.41) is 9.00. The molecule has 0 fully saturated rings. The predicted molar refractivity (Wildman–Crippen MR) is 74.8 cm³/mol. The van der Waals surface area contributed by atoms with Crippen LogP contribution in [0, 0.1) is 14.9 Å². The molecule has 0 aromatic heterocycles. The number of nitrogens with zero attached hydrogens (tertiary/aromatic N) is 1. The average Bonchev–Trinajstić information content (AvgIpc) is 2.34. The molecule has 2 aromatic rings. The zero-order chi connectivity index (χ0) is 12.3. The standard InChI is InChI=1S/C13H9IN2O/c14-11-3-1-2-4-13(11)17-12-6-5-10(16)7-9(12)8-15/h1-7H,16H2. The number of anilines is 1. The number of para-hydroxylation sites is 1. The summed E-state index contributed by atoms with van der Waals surface area (Å²) in [6.45, 7) is 0. The second kappa shape index (κ2) is 5.06. The van der Waals surface area contributed by atoms with Gasteiger partial charge in [-0.15, -0.1) is 0 Å². The summed E-state index contributed by atoms with van der Waals surface area (Å²) in [6.07, 6.45) is 0. The van der Waals surface area contributed by atoms with E-state index in [1.807, 2.05) is 24.3 Å². The lowest BCUT2D eigenvalue weighted by molar-refractivity contribution is 0.478. The molecule has 0 spiro atoms. The van der Waals surface area contributed by atoms with Gasteiger partial charge in [0.2, 0.25) is 0 Å². The third-order valence-electron chi connectivity index (χ3n) is 2.18. The summed E-state index contributed by atoms with van der Waals surface area (Å²) in [5.74, 6) is 1.25. The molecule has 0 bridgehead atoms. The number of hydrogen-bond acceptors (Lipinski definition) is 3. The van der Waals surface area contributed by atoms with Crippen LogP contribution in [-0.4, -0.2) is 0 Å². The lowest BCUT2D eigenvalue weighted by Gasteiger charge is -2.09. The SMILES string of the molecule is N#Cc1cc(N)ccc1Oc1ccccc1I. The van der Waals surface area contributed by atoms with Crippen LogP contribution in [0.2, 0.25) is 0 Å². The number of nitrogen functional groups attached to an aromatic ring is 1. The van der Waals surface area contributed by atoms with Gasteiger partial charge in [-0.25, -0.2) is 0 Å². The van der Waals surface area contributed by atoms with Gasteiger partial charge in [-0.1, -0.05) is 12.1 Å². The zero-order valence-corrected chi connectivity index (χ0v) is 11.0. The molecule has 0 aliphatic heterocycles. The molecule has 0 heterocycles. The molecule has 0 radical (unpaired) electrons. The molecule has 0 aliphatic carbocycles. The highest BCUT2D eigenvalue weighted by Gasteiger charge is 2.06. The first-order valence-corrected chi connectivity index (χ1v) is 6.00. The first-order valence-electron chi connectivity index (χ1n) is 4.92. The summed E-state index contributed by atoms with van der Waals surface area (Å²) < 4.78 is 6.69. The number of hydrogen-bond donors (Lipinski definition) is 1. The van der Waals surface area contributed by atoms with Gasteiger partial charge in [-0.2, -0.15) is 5.26 Å². The Morgan fingerprint density at radius 2 is 1.88 bits per heavy atom. The Hall–Kier alpha value is -1.74. The minimum atomic E-state index is 0.435. The number of benzene rings is 2. The van der Waals surface area contributed by atoms with Crippen molar-refractivity contribution in [2.24, 2.45) is 0 Å². The number of nitriles is 1. The maximum atomic E-state index is 9.00. The molecule has 3 nitrogen and oxygen atoms in total. The van der Waals surface area contributed by atoms with Gasteiger partial charge in [-0.3, -0.25) is 0 Å². The van der Waals surface area contributed by atoms with Crippen LogP contribution in [0.4, 0.5) is 5.69 Å². The van der Waals surface area contributed by atoms with Gasteiger partial charge in [0.25, 0.3) is 0 Å². The maximum Gasteiger partial charge on any atom is 0.145 e. The van der Waals surface area contributed by atoms with Crippen LogP contribution in [0.5, 0.6) is 11.5 Å². The lowest BCUT2D eigenvalue weighted by atomic mass is 10.2. The fourth-order valence-electron chi connectivity index (χ4n) is 1.37. The highest BCUT2D eigenvalue weighted by molar-refractivity contribution is 14.1. The molecule has 2 N–H and O–H groups in total. The first kappa shape index (κ1) is 11.7. The molecular weight excluding hydrogens is 327 g/mol. The fourth-order valence-corrected chi connectivity index (χ4v) is 1.87. The van der Waals surface area contributed by atoms with Crippen molar-refractivity contribution in [2.75, 3.05) is 5.73 Å². The monoisotopic (exact) mass is 336 g/mol. The third kappa shape index (κ3) is 2.68. The zero-order valence-electron chi connectivity index (χ0n) is 8.85. The summed E-state index contributed by atoms with van der Waals surface area (Å²) >= 11 is 2.19. The molecule has 17 heavy (non-hydrogen) atoms. The quantitative estimate of drug-likeness (QED) is 0.674. The van der Waals surface area contributed by atoms with Crippen LogP contribution in [0.1, 0.15) is 5.56 Å². The van der Waals surface area contributed by atoms with Crippen LogP contribution in [0.15, 0.2) is 42.5 Å². The van der Waals surface area contributed by atoms with Gasteiger partial charge in [0, 0.05) is 5.69 Å². The van der Waals surface area contributed by atoms with Gasteiger partial charge in [-0.05, 0) is 52.9 Å². The summed E-state index contributed by atoms with van der Waals surface area (Å²) in [6, 6.07) is 14.7. The van der Waals surface area contributed by atoms with Gasteiger partial charge in [0.05, 0.1) is 9.13 Å². The molecule has 84 valence electrons. The van der Waals surface area contributed by atoms with Crippen molar-refractivity contribution in [3.63, 3.8) is 0 Å². The molecule has 4 heteroatoms. The Morgan fingerprint density at radius 3 is 2.59 bits per heavy atom. The molecule has 2 aromatic carbocycles. The first-order chi connectivity index (χ1) is 8.20. The van der Waals surface area contributed by atoms with E-state index in [-0.39, 0.29) is 0 Å². The Morgan fingerprint density at radius 1 is 1.12 bits per heavy atom. The molecule has 0 atom stereocenters. The van der Waals surface area contributed by atoms with E-state index in [1.165, 1.54) is 0 Å². The molecule has 0 saturated carbocycles. The van der Waals surface area contributed by atoms with E-state index >= 15 is 0 Å². The van der Waals surface area contributed by atoms with Gasteiger partial charge in [0.1, 0.15) is 17.6 Å². The van der Waals surface area contributed by atoms with Crippen molar-refractivity contribution in [1.29, 1.82) is 5.26 Å². The predicted octanol–water partition coefficient (Wildman–Crippen LogP) is 3.54. The molecular formula is C13H9IN2O. The van der Waals surface area contributed by atoms with E-state index in [4.69, 9.17) is 15.7 Å². The van der Waals surface area contributed by atoms with Crippen LogP contribution in [0.3, 0.4) is 0 Å². The minimum absolute atomic E-state index is 0.435. The second-order valence-electron chi connectivity index (χ2n) is 3.40. The van der Waals surface area contributed by atoms with Crippen molar-refractivity contribution in [3.8, 4) is 17.6 Å². The highest BCUT2D eigenvalue weighted by atomic mass is 127. The normalized spacial score (nSPS) is 9.65.